The minimum Gasteiger partial charge on any atom is -0.336 e. The van der Waals surface area contributed by atoms with Gasteiger partial charge in [0.15, 0.2) is 0 Å². The fourth-order valence-electron chi connectivity index (χ4n) is 2.67. The maximum atomic E-state index is 12.6. The number of nitrogens with zero attached hydrogens (tertiary/aromatic N) is 4. The van der Waals surface area contributed by atoms with Gasteiger partial charge in [0, 0.05) is 31.9 Å². The summed E-state index contributed by atoms with van der Waals surface area (Å²) in [6.07, 6.45) is 1.57. The summed E-state index contributed by atoms with van der Waals surface area (Å²) in [6, 6.07) is 2.03. The molecule has 106 valence electrons. The molecule has 0 spiro atoms. The molecule has 2 aromatic rings. The van der Waals surface area contributed by atoms with Gasteiger partial charge in [0.1, 0.15) is 0 Å². The van der Waals surface area contributed by atoms with E-state index in [0.29, 0.717) is 11.3 Å². The van der Waals surface area contributed by atoms with Gasteiger partial charge in [0.25, 0.3) is 11.6 Å². The molecule has 6 nitrogen and oxygen atoms in total. The first kappa shape index (κ1) is 13.1. The molecule has 1 amide bonds. The van der Waals surface area contributed by atoms with E-state index < -0.39 is 0 Å². The molecule has 1 fully saturated rings. The zero-order valence-electron chi connectivity index (χ0n) is 12.0. The first-order chi connectivity index (χ1) is 9.56. The average molecular weight is 274 g/mol. The number of carbonyl (C=O) groups excluding carboxylic acids is 1. The Bertz CT molecular complexity index is 652. The van der Waals surface area contributed by atoms with Crippen molar-refractivity contribution in [3.63, 3.8) is 0 Å². The van der Waals surface area contributed by atoms with E-state index in [4.69, 9.17) is 4.52 Å². The van der Waals surface area contributed by atoms with Crippen LogP contribution < -0.4 is 0 Å². The maximum Gasteiger partial charge on any atom is 0.257 e. The fraction of sp³-hybridized carbons (Fsp3) is 0.500. The molecule has 0 saturated carbocycles. The van der Waals surface area contributed by atoms with E-state index in [1.807, 2.05) is 17.9 Å². The smallest absolute Gasteiger partial charge is 0.257 e. The van der Waals surface area contributed by atoms with Crippen molar-refractivity contribution in [3.8, 4) is 0 Å². The number of piperazine rings is 1. The minimum atomic E-state index is 0.0283. The predicted octanol–water partition coefficient (Wildman–Crippen LogP) is 1.31. The van der Waals surface area contributed by atoms with E-state index in [2.05, 4.69) is 29.0 Å². The Morgan fingerprint density at radius 2 is 2.25 bits per heavy atom. The number of likely N-dealkylation sites (N-methyl/N-ethyl adjacent to an activating group) is 1. The van der Waals surface area contributed by atoms with Crippen molar-refractivity contribution in [2.75, 3.05) is 26.7 Å². The molecule has 3 heterocycles. The lowest BCUT2D eigenvalue weighted by Gasteiger charge is -2.38. The quantitative estimate of drug-likeness (QED) is 0.784. The number of aromatic nitrogens is 2. The summed E-state index contributed by atoms with van der Waals surface area (Å²) >= 11 is 0. The van der Waals surface area contributed by atoms with Crippen LogP contribution in [0.2, 0.25) is 0 Å². The van der Waals surface area contributed by atoms with Gasteiger partial charge in [-0.3, -0.25) is 4.79 Å². The lowest BCUT2D eigenvalue weighted by Crippen LogP contribution is -2.52. The van der Waals surface area contributed by atoms with Crippen LogP contribution >= 0.6 is 0 Å². The highest BCUT2D eigenvalue weighted by Gasteiger charge is 2.27. The monoisotopic (exact) mass is 274 g/mol. The number of amides is 1. The normalized spacial score (nSPS) is 20.6. The number of pyridine rings is 1. The Hall–Kier alpha value is -1.95. The maximum absolute atomic E-state index is 12.6. The highest BCUT2D eigenvalue weighted by Crippen LogP contribution is 2.19. The average Bonchev–Trinajstić information content (AvgIpc) is 2.79. The second kappa shape index (κ2) is 4.86. The van der Waals surface area contributed by atoms with Crippen LogP contribution in [0.3, 0.4) is 0 Å². The Labute approximate surface area is 117 Å². The third-order valence-corrected chi connectivity index (χ3v) is 3.85. The van der Waals surface area contributed by atoms with Gasteiger partial charge in [-0.2, -0.15) is 0 Å². The number of hydrogen-bond donors (Lipinski definition) is 0. The first-order valence-corrected chi connectivity index (χ1v) is 6.78. The Kier molecular flexibility index (Phi) is 3.17. The van der Waals surface area contributed by atoms with Crippen LogP contribution in [0.1, 0.15) is 23.0 Å². The van der Waals surface area contributed by atoms with Crippen LogP contribution in [-0.4, -0.2) is 58.6 Å². The molecule has 2 aromatic heterocycles. The number of carbonyl (C=O) groups is 1. The summed E-state index contributed by atoms with van der Waals surface area (Å²) in [5.41, 5.74) is 1.83. The van der Waals surface area contributed by atoms with E-state index in [1.54, 1.807) is 6.20 Å². The van der Waals surface area contributed by atoms with Crippen molar-refractivity contribution in [2.45, 2.75) is 19.9 Å². The highest BCUT2D eigenvalue weighted by molar-refractivity contribution is 5.97. The molecule has 0 aromatic carbocycles. The zero-order chi connectivity index (χ0) is 14.3. The van der Waals surface area contributed by atoms with E-state index in [0.717, 1.165) is 30.7 Å². The van der Waals surface area contributed by atoms with Crippen molar-refractivity contribution in [2.24, 2.45) is 0 Å². The minimum absolute atomic E-state index is 0.0283. The second-order valence-electron chi connectivity index (χ2n) is 5.45. The summed E-state index contributed by atoms with van der Waals surface area (Å²) in [5.74, 6) is 0.0283. The van der Waals surface area contributed by atoms with Gasteiger partial charge in [0.05, 0.1) is 16.6 Å². The van der Waals surface area contributed by atoms with E-state index in [9.17, 15) is 4.79 Å². The van der Waals surface area contributed by atoms with E-state index in [-0.39, 0.29) is 11.9 Å². The molecular formula is C14H18N4O2. The third-order valence-electron chi connectivity index (χ3n) is 3.85. The van der Waals surface area contributed by atoms with Gasteiger partial charge in [-0.25, -0.2) is 4.98 Å². The molecule has 6 heteroatoms. The molecular weight excluding hydrogens is 256 g/mol. The standard InChI is InChI=1S/C14H18N4O2/c1-9-8-17(3)4-5-18(9)14(19)11-6-12-10(2)16-20-13(12)15-7-11/h6-7,9H,4-5,8H2,1-3H3. The molecule has 1 aliphatic rings. The van der Waals surface area contributed by atoms with Crippen LogP contribution in [0.5, 0.6) is 0 Å². The van der Waals surface area contributed by atoms with Gasteiger partial charge in [0.2, 0.25) is 0 Å². The summed E-state index contributed by atoms with van der Waals surface area (Å²) in [5, 5.41) is 4.67. The SMILES string of the molecule is Cc1noc2ncc(C(=O)N3CCN(C)CC3C)cc12. The largest absolute Gasteiger partial charge is 0.336 e. The first-order valence-electron chi connectivity index (χ1n) is 6.78. The highest BCUT2D eigenvalue weighted by atomic mass is 16.5. The summed E-state index contributed by atoms with van der Waals surface area (Å²) in [7, 11) is 2.08. The van der Waals surface area contributed by atoms with Gasteiger partial charge in [-0.05, 0) is 27.0 Å². The van der Waals surface area contributed by atoms with Gasteiger partial charge >= 0.3 is 0 Å². The predicted molar refractivity (Wildman–Crippen MR) is 74.5 cm³/mol. The summed E-state index contributed by atoms with van der Waals surface area (Å²) in [4.78, 5) is 20.9. The molecule has 1 unspecified atom stereocenters. The molecule has 0 radical (unpaired) electrons. The van der Waals surface area contributed by atoms with E-state index in [1.165, 1.54) is 0 Å². The van der Waals surface area contributed by atoms with Crippen LogP contribution in [-0.2, 0) is 0 Å². The number of hydrogen-bond acceptors (Lipinski definition) is 5. The molecule has 0 N–H and O–H groups in total. The molecule has 3 rings (SSSR count). The van der Waals surface area contributed by atoms with E-state index >= 15 is 0 Å². The lowest BCUT2D eigenvalue weighted by molar-refractivity contribution is 0.0533. The topological polar surface area (TPSA) is 62.5 Å². The lowest BCUT2D eigenvalue weighted by atomic mass is 10.1. The van der Waals surface area contributed by atoms with Gasteiger partial charge in [-0.1, -0.05) is 5.16 Å². The summed E-state index contributed by atoms with van der Waals surface area (Å²) in [6.45, 7) is 6.47. The fourth-order valence-corrected chi connectivity index (χ4v) is 2.67. The molecule has 0 aliphatic carbocycles. The second-order valence-corrected chi connectivity index (χ2v) is 5.45. The van der Waals surface area contributed by atoms with Crippen LogP contribution in [0.25, 0.3) is 11.1 Å². The van der Waals surface area contributed by atoms with Gasteiger partial charge < -0.3 is 14.3 Å². The third kappa shape index (κ3) is 2.16. The molecule has 1 saturated heterocycles. The van der Waals surface area contributed by atoms with Crippen LogP contribution in [0.4, 0.5) is 0 Å². The number of fused-ring (bicyclic) bond motifs is 1. The van der Waals surface area contributed by atoms with Crippen LogP contribution in [0.15, 0.2) is 16.8 Å². The zero-order valence-corrected chi connectivity index (χ0v) is 12.0. The Balaban J connectivity index is 1.90. The van der Waals surface area contributed by atoms with Crippen molar-refractivity contribution in [1.82, 2.24) is 19.9 Å². The van der Waals surface area contributed by atoms with Crippen molar-refractivity contribution in [3.05, 3.63) is 23.5 Å². The summed E-state index contributed by atoms with van der Waals surface area (Å²) < 4.78 is 5.07. The molecule has 0 bridgehead atoms. The Morgan fingerprint density at radius 3 is 3.00 bits per heavy atom. The Morgan fingerprint density at radius 1 is 1.45 bits per heavy atom. The number of rotatable bonds is 1. The van der Waals surface area contributed by atoms with Gasteiger partial charge in [-0.15, -0.1) is 0 Å². The van der Waals surface area contributed by atoms with Crippen molar-refractivity contribution in [1.29, 1.82) is 0 Å². The number of aryl methyl sites for hydroxylation is 1. The molecule has 1 atom stereocenters. The van der Waals surface area contributed by atoms with Crippen molar-refractivity contribution < 1.29 is 9.32 Å². The molecule has 20 heavy (non-hydrogen) atoms. The molecule has 1 aliphatic heterocycles. The van der Waals surface area contributed by atoms with Crippen molar-refractivity contribution >= 4 is 17.0 Å². The van der Waals surface area contributed by atoms with Crippen LogP contribution in [0, 0.1) is 6.92 Å².